The van der Waals surface area contributed by atoms with Crippen LogP contribution in [0.25, 0.3) is 0 Å². The summed E-state index contributed by atoms with van der Waals surface area (Å²) in [5.41, 5.74) is 2.35. The van der Waals surface area contributed by atoms with Crippen molar-refractivity contribution in [2.24, 2.45) is 0 Å². The monoisotopic (exact) mass is 256 g/mol. The molecule has 0 N–H and O–H groups in total. The van der Waals surface area contributed by atoms with E-state index < -0.39 is 0 Å². The van der Waals surface area contributed by atoms with Gasteiger partial charge in [-0.3, -0.25) is 0 Å². The second-order valence-corrected chi connectivity index (χ2v) is 5.12. The molecule has 2 aromatic heterocycles. The maximum Gasteiger partial charge on any atom is 0.141 e. The molecule has 4 heterocycles. The first kappa shape index (κ1) is 10.8. The largest absolute Gasteiger partial charge is 0.346 e. The van der Waals surface area contributed by atoms with Gasteiger partial charge in [0.05, 0.1) is 17.9 Å². The molecule has 0 saturated carbocycles. The van der Waals surface area contributed by atoms with Crippen LogP contribution in [0.4, 0.5) is 10.2 Å². The summed E-state index contributed by atoms with van der Waals surface area (Å²) in [6, 6.07) is 3.94. The summed E-state index contributed by atoms with van der Waals surface area (Å²) in [6.45, 7) is 0. The minimum absolute atomic E-state index is 0.285. The molecule has 5 heteroatoms. The van der Waals surface area contributed by atoms with Crippen molar-refractivity contribution in [3.05, 3.63) is 47.9 Å². The fraction of sp³-hybridized carbons (Fsp3) is 0.357. The van der Waals surface area contributed by atoms with E-state index in [1.165, 1.54) is 17.8 Å². The smallest absolute Gasteiger partial charge is 0.141 e. The predicted octanol–water partition coefficient (Wildman–Crippen LogP) is 2.28. The molecule has 0 aromatic carbocycles. The van der Waals surface area contributed by atoms with Crippen molar-refractivity contribution < 1.29 is 4.39 Å². The van der Waals surface area contributed by atoms with E-state index in [2.05, 4.69) is 19.9 Å². The summed E-state index contributed by atoms with van der Waals surface area (Å²) in [4.78, 5) is 15.0. The van der Waals surface area contributed by atoms with Gasteiger partial charge in [0.25, 0.3) is 0 Å². The lowest BCUT2D eigenvalue weighted by molar-refractivity contribution is 0.572. The minimum Gasteiger partial charge on any atom is -0.346 e. The Hall–Kier alpha value is -2.04. The molecule has 0 radical (unpaired) electrons. The number of halogens is 1. The van der Waals surface area contributed by atoms with E-state index in [4.69, 9.17) is 0 Å². The number of aromatic nitrogens is 3. The summed E-state index contributed by atoms with van der Waals surface area (Å²) >= 11 is 0. The third-order valence-corrected chi connectivity index (χ3v) is 4.09. The minimum atomic E-state index is -0.295. The van der Waals surface area contributed by atoms with Crippen LogP contribution in [0.5, 0.6) is 0 Å². The van der Waals surface area contributed by atoms with Gasteiger partial charge in [0.1, 0.15) is 18.0 Å². The van der Waals surface area contributed by atoms with E-state index in [1.54, 1.807) is 12.4 Å². The number of nitrogens with zero attached hydrogens (tertiary/aromatic N) is 4. The molecule has 0 spiro atoms. The lowest BCUT2D eigenvalue weighted by atomic mass is 9.99. The molecule has 2 aliphatic heterocycles. The van der Waals surface area contributed by atoms with E-state index in [-0.39, 0.29) is 11.9 Å². The standard InChI is InChI=1S/C14H13FN4/c15-9-1-4-14(17-6-9)19-10-2-3-13(19)11-7-16-8-18-12(11)5-10/h1,4,6-8,10,13H,2-3,5H2. The molecule has 1 fully saturated rings. The highest BCUT2D eigenvalue weighted by Crippen LogP contribution is 2.44. The van der Waals surface area contributed by atoms with Gasteiger partial charge in [-0.1, -0.05) is 0 Å². The lowest BCUT2D eigenvalue weighted by Gasteiger charge is -2.36. The van der Waals surface area contributed by atoms with E-state index in [9.17, 15) is 4.39 Å². The van der Waals surface area contributed by atoms with Crippen molar-refractivity contribution in [2.45, 2.75) is 31.3 Å². The Morgan fingerprint density at radius 2 is 2.11 bits per heavy atom. The fourth-order valence-corrected chi connectivity index (χ4v) is 3.29. The van der Waals surface area contributed by atoms with Crippen LogP contribution < -0.4 is 4.90 Å². The molecule has 4 rings (SSSR count). The zero-order valence-electron chi connectivity index (χ0n) is 10.3. The Bertz CT molecular complexity index is 613. The van der Waals surface area contributed by atoms with Crippen LogP contribution in [0.2, 0.25) is 0 Å². The molecule has 2 bridgehead atoms. The molecular formula is C14H13FN4. The lowest BCUT2D eigenvalue weighted by Crippen LogP contribution is -2.38. The number of pyridine rings is 1. The molecule has 0 amide bonds. The first-order chi connectivity index (χ1) is 9.33. The summed E-state index contributed by atoms with van der Waals surface area (Å²) in [7, 11) is 0. The Morgan fingerprint density at radius 1 is 1.16 bits per heavy atom. The van der Waals surface area contributed by atoms with Crippen LogP contribution in [0, 0.1) is 5.82 Å². The first-order valence-electron chi connectivity index (χ1n) is 6.51. The molecule has 2 unspecified atom stereocenters. The van der Waals surface area contributed by atoms with E-state index in [1.807, 2.05) is 6.20 Å². The van der Waals surface area contributed by atoms with Gasteiger partial charge in [0.15, 0.2) is 0 Å². The Morgan fingerprint density at radius 3 is 2.95 bits per heavy atom. The maximum atomic E-state index is 13.0. The number of hydrogen-bond acceptors (Lipinski definition) is 4. The van der Waals surface area contributed by atoms with Crippen molar-refractivity contribution >= 4 is 5.82 Å². The van der Waals surface area contributed by atoms with Crippen molar-refractivity contribution in [3.8, 4) is 0 Å². The highest BCUT2D eigenvalue weighted by Gasteiger charge is 2.41. The second kappa shape index (κ2) is 3.98. The van der Waals surface area contributed by atoms with Crippen molar-refractivity contribution in [1.82, 2.24) is 15.0 Å². The zero-order chi connectivity index (χ0) is 12.8. The van der Waals surface area contributed by atoms with Gasteiger partial charge < -0.3 is 4.90 Å². The molecule has 2 aromatic rings. The summed E-state index contributed by atoms with van der Waals surface area (Å²) in [6.07, 6.45) is 7.94. The highest BCUT2D eigenvalue weighted by atomic mass is 19.1. The van der Waals surface area contributed by atoms with Gasteiger partial charge in [0, 0.05) is 24.2 Å². The Labute approximate surface area is 110 Å². The predicted molar refractivity (Wildman–Crippen MR) is 68.2 cm³/mol. The quantitative estimate of drug-likeness (QED) is 0.785. The highest BCUT2D eigenvalue weighted by molar-refractivity contribution is 5.49. The van der Waals surface area contributed by atoms with Gasteiger partial charge in [-0.25, -0.2) is 19.3 Å². The third-order valence-electron chi connectivity index (χ3n) is 4.09. The van der Waals surface area contributed by atoms with Gasteiger partial charge >= 0.3 is 0 Å². The zero-order valence-corrected chi connectivity index (χ0v) is 10.3. The summed E-state index contributed by atoms with van der Waals surface area (Å²) in [5.74, 6) is 0.556. The molecule has 96 valence electrons. The van der Waals surface area contributed by atoms with Gasteiger partial charge in [-0.05, 0) is 25.0 Å². The van der Waals surface area contributed by atoms with E-state index in [0.717, 1.165) is 30.8 Å². The van der Waals surface area contributed by atoms with E-state index >= 15 is 0 Å². The summed E-state index contributed by atoms with van der Waals surface area (Å²) < 4.78 is 13.0. The van der Waals surface area contributed by atoms with Crippen molar-refractivity contribution in [2.75, 3.05) is 4.90 Å². The number of hydrogen-bond donors (Lipinski definition) is 0. The normalized spacial score (nSPS) is 24.4. The first-order valence-corrected chi connectivity index (χ1v) is 6.51. The van der Waals surface area contributed by atoms with Crippen LogP contribution in [0.1, 0.15) is 30.1 Å². The van der Waals surface area contributed by atoms with Gasteiger partial charge in [-0.2, -0.15) is 0 Å². The van der Waals surface area contributed by atoms with Crippen LogP contribution in [-0.4, -0.2) is 21.0 Å². The molecule has 19 heavy (non-hydrogen) atoms. The van der Waals surface area contributed by atoms with Crippen LogP contribution in [0.3, 0.4) is 0 Å². The van der Waals surface area contributed by atoms with Gasteiger partial charge in [0.2, 0.25) is 0 Å². The molecule has 0 aliphatic carbocycles. The Balaban J connectivity index is 1.78. The Kier molecular flexibility index (Phi) is 2.27. The number of rotatable bonds is 1. The van der Waals surface area contributed by atoms with Crippen LogP contribution in [-0.2, 0) is 6.42 Å². The summed E-state index contributed by atoms with van der Waals surface area (Å²) in [5, 5.41) is 0. The number of anilines is 1. The van der Waals surface area contributed by atoms with Crippen molar-refractivity contribution in [1.29, 1.82) is 0 Å². The van der Waals surface area contributed by atoms with Gasteiger partial charge in [-0.15, -0.1) is 0 Å². The third kappa shape index (κ3) is 1.61. The second-order valence-electron chi connectivity index (χ2n) is 5.12. The van der Waals surface area contributed by atoms with Crippen LogP contribution >= 0.6 is 0 Å². The fourth-order valence-electron chi connectivity index (χ4n) is 3.29. The molecule has 4 nitrogen and oxygen atoms in total. The van der Waals surface area contributed by atoms with Crippen LogP contribution in [0.15, 0.2) is 30.9 Å². The topological polar surface area (TPSA) is 41.9 Å². The maximum absolute atomic E-state index is 13.0. The van der Waals surface area contributed by atoms with E-state index in [0.29, 0.717) is 6.04 Å². The SMILES string of the molecule is Fc1ccc(N2C3CCC2c2cncnc2C3)nc1. The number of fused-ring (bicyclic) bond motifs is 4. The van der Waals surface area contributed by atoms with Crippen molar-refractivity contribution in [3.63, 3.8) is 0 Å². The molecule has 2 atom stereocenters. The molecular weight excluding hydrogens is 243 g/mol. The average molecular weight is 256 g/mol. The molecule has 1 saturated heterocycles. The molecule has 2 aliphatic rings. The average Bonchev–Trinajstić information content (AvgIpc) is 2.75.